The summed E-state index contributed by atoms with van der Waals surface area (Å²) in [7, 11) is 0. The number of hydrogen-bond acceptors (Lipinski definition) is 14. The minimum absolute atomic E-state index is 0. The Hall–Kier alpha value is 4.15. The summed E-state index contributed by atoms with van der Waals surface area (Å²) in [6.45, 7) is -0.863. The molecule has 4 atom stereocenters. The molecule has 0 aliphatic heterocycles. The van der Waals surface area contributed by atoms with Gasteiger partial charge in [-0.15, -0.1) is 0 Å². The van der Waals surface area contributed by atoms with E-state index in [0.29, 0.717) is 0 Å². The molecule has 0 aliphatic rings. The fourth-order valence-corrected chi connectivity index (χ4v) is 1.35. The topological polar surface area (TPSA) is 313 Å². The average Bonchev–Trinajstić information content (AvgIpc) is 2.50. The Kier molecular flexibility index (Phi) is 45.4. The molecule has 160 valence electrons. The van der Waals surface area contributed by atoms with Crippen molar-refractivity contribution in [2.45, 2.75) is 42.9 Å². The maximum absolute atomic E-state index is 10.1. The van der Waals surface area contributed by atoms with E-state index in [-0.39, 0.29) is 211 Å². The number of carboxylic acids is 4. The summed E-state index contributed by atoms with van der Waals surface area (Å²) in [5.74, 6) is -7.96. The van der Waals surface area contributed by atoms with Crippen LogP contribution in [0.15, 0.2) is 0 Å². The van der Waals surface area contributed by atoms with Crippen LogP contribution in [0.4, 0.5) is 0 Å². The van der Waals surface area contributed by atoms with Crippen molar-refractivity contribution in [3.05, 3.63) is 0 Å². The van der Waals surface area contributed by atoms with E-state index in [2.05, 4.69) is 0 Å². The van der Waals surface area contributed by atoms with E-state index in [4.69, 9.17) is 30.6 Å². The Morgan fingerprint density at radius 3 is 1.26 bits per heavy atom. The van der Waals surface area contributed by atoms with E-state index in [1.807, 2.05) is 0 Å². The molecule has 0 fully saturated rings. The molecule has 0 aromatic heterocycles. The zero-order chi connectivity index (χ0) is 21.2. The molecule has 0 rings (SSSR count). The molecule has 0 radical (unpaired) electrons. The van der Waals surface area contributed by atoms with E-state index in [0.717, 1.165) is 0 Å². The first-order chi connectivity index (χ1) is 11.7. The second kappa shape index (κ2) is 27.2. The van der Waals surface area contributed by atoms with Crippen molar-refractivity contribution in [2.75, 3.05) is 6.61 Å². The van der Waals surface area contributed by atoms with Crippen LogP contribution in [0.1, 0.15) is 12.8 Å². The minimum atomic E-state index is -2.97. The maximum atomic E-state index is 10.1. The fraction of sp³-hybridized carbons (Fsp3) is 0.667. The van der Waals surface area contributed by atoms with Gasteiger partial charge in [0.1, 0.15) is 30.0 Å². The van der Waals surface area contributed by atoms with Crippen molar-refractivity contribution in [1.82, 2.24) is 0 Å². The number of carboxylic acid groups (broad SMARTS) is 4. The number of carbonyl (C=O) groups excluding carboxylic acids is 4. The molecule has 0 saturated carbocycles. The molecule has 0 unspecified atom stereocenters. The summed E-state index contributed by atoms with van der Waals surface area (Å²) in [5.41, 5.74) is -2.97. The summed E-state index contributed by atoms with van der Waals surface area (Å²) in [6.07, 6.45) is -10.8. The van der Waals surface area contributed by atoms with E-state index >= 15 is 0 Å². The Bertz CT molecular complexity index is 504. The first-order valence-electron chi connectivity index (χ1n) is 6.57. The van der Waals surface area contributed by atoms with Crippen LogP contribution in [0, 0.1) is 0 Å². The summed E-state index contributed by atoms with van der Waals surface area (Å²) >= 11 is 0. The van der Waals surface area contributed by atoms with Gasteiger partial charge in [-0.3, -0.25) is 0 Å². The Labute approximate surface area is 346 Å². The maximum Gasteiger partial charge on any atom is 1.00 e. The first kappa shape index (κ1) is 51.7. The molecule has 8 N–H and O–H groups in total. The molecule has 31 heavy (non-hydrogen) atoms. The summed E-state index contributed by atoms with van der Waals surface area (Å²) in [4.78, 5) is 40.0. The van der Waals surface area contributed by atoms with Crippen molar-refractivity contribution < 1.29 is 281 Å². The predicted octanol–water partition coefficient (Wildman–Crippen LogP) is -22.9. The van der Waals surface area contributed by atoms with Gasteiger partial charge >= 0.3 is 206 Å². The number of rotatable bonds is 10. The third-order valence-corrected chi connectivity index (χ3v) is 2.75. The van der Waals surface area contributed by atoms with E-state index in [1.54, 1.807) is 0 Å². The zero-order valence-corrected chi connectivity index (χ0v) is 29.9. The first-order valence-corrected chi connectivity index (χ1v) is 6.57. The molecule has 0 bridgehead atoms. The van der Waals surface area contributed by atoms with Crippen LogP contribution in [0.25, 0.3) is 0 Å². The van der Waals surface area contributed by atoms with E-state index < -0.39 is 73.3 Å². The molecule has 15 nitrogen and oxygen atoms in total. The summed E-state index contributed by atoms with van der Waals surface area (Å²) < 4.78 is 0. The minimum Gasteiger partial charge on any atom is -0.550 e. The second-order valence-corrected chi connectivity index (χ2v) is 4.91. The van der Waals surface area contributed by atoms with Gasteiger partial charge in [0.05, 0.1) is 18.5 Å². The molecule has 0 aromatic carbocycles. The summed E-state index contributed by atoms with van der Waals surface area (Å²) in [5, 5.41) is 92.4. The molecule has 0 heterocycles. The summed E-state index contributed by atoms with van der Waals surface area (Å²) in [6, 6.07) is 0. The monoisotopic (exact) mass is 558 g/mol. The van der Waals surface area contributed by atoms with Gasteiger partial charge in [0.15, 0.2) is 0 Å². The van der Waals surface area contributed by atoms with Crippen LogP contribution < -0.4 is 226 Å². The number of aliphatic hydroxyl groups excluding tert-OH is 5. The van der Waals surface area contributed by atoms with Gasteiger partial charge in [-0.2, -0.15) is 0 Å². The van der Waals surface area contributed by atoms with Crippen LogP contribution in [0.5, 0.6) is 0 Å². The molecular formula is C12H18K4O15. The Morgan fingerprint density at radius 2 is 1.06 bits per heavy atom. The quantitative estimate of drug-likeness (QED) is 0.136. The van der Waals surface area contributed by atoms with Crippen molar-refractivity contribution in [1.29, 1.82) is 0 Å². The number of hydrogen-bond donors (Lipinski definition) is 6. The van der Waals surface area contributed by atoms with Gasteiger partial charge in [-0.05, 0) is 0 Å². The Morgan fingerprint density at radius 1 is 0.742 bits per heavy atom. The molecular weight excluding hydrogens is 541 g/mol. The predicted molar refractivity (Wildman–Crippen MR) is 68.9 cm³/mol. The molecule has 0 amide bonds. The Balaban J connectivity index is -0.0000000640. The molecule has 0 spiro atoms. The van der Waals surface area contributed by atoms with Crippen molar-refractivity contribution >= 4 is 23.9 Å². The van der Waals surface area contributed by atoms with Gasteiger partial charge in [-0.1, -0.05) is 0 Å². The van der Waals surface area contributed by atoms with Crippen LogP contribution in [0.3, 0.4) is 0 Å². The van der Waals surface area contributed by atoms with E-state index in [1.165, 1.54) is 0 Å². The van der Waals surface area contributed by atoms with Crippen LogP contribution in [0.2, 0.25) is 0 Å². The van der Waals surface area contributed by atoms with Crippen LogP contribution in [-0.4, -0.2) is 96.6 Å². The average molecular weight is 559 g/mol. The number of aliphatic hydroxyl groups is 6. The van der Waals surface area contributed by atoms with Gasteiger partial charge < -0.3 is 75.7 Å². The molecule has 0 aromatic rings. The second-order valence-electron chi connectivity index (χ2n) is 4.91. The number of carbonyl (C=O) groups is 4. The third-order valence-electron chi connectivity index (χ3n) is 2.75. The third kappa shape index (κ3) is 24.2. The zero-order valence-electron chi connectivity index (χ0n) is 17.4. The number of aliphatic carboxylic acids is 4. The van der Waals surface area contributed by atoms with Crippen molar-refractivity contribution in [3.8, 4) is 0 Å². The van der Waals surface area contributed by atoms with Crippen LogP contribution in [-0.2, 0) is 19.2 Å². The van der Waals surface area contributed by atoms with Crippen molar-refractivity contribution in [3.63, 3.8) is 0 Å². The normalized spacial score (nSPS) is 13.1. The smallest absolute Gasteiger partial charge is 0.550 e. The van der Waals surface area contributed by atoms with Crippen molar-refractivity contribution in [2.24, 2.45) is 0 Å². The standard InChI is InChI=1S/C6H8O7.C6H12O7.4K.H2O/c7-3(8)1-6(13,5(11)12)2-4(9)10;7-1-2(8)3(9)4(10)5(11)6(12)13;;;;;/h13H,1-2H2,(H,7,8)(H,9,10)(H,11,12);2-5,7-11H,1H2,(H,12,13);;;;;1H2/q;;4*+1;/p-4/t;2-,3-,4+,5-;;;;;/m.1...../s1. The van der Waals surface area contributed by atoms with Crippen LogP contribution >= 0.6 is 0 Å². The van der Waals surface area contributed by atoms with E-state index in [9.17, 15) is 39.6 Å². The SMILES string of the molecule is O.O=C([O-])CC(O)(CC(=O)[O-])C(=O)[O-].O=C([O-])[C@H](O)[C@@H](O)[C@H](O)[C@H](O)CO.[K+].[K+].[K+].[K+]. The van der Waals surface area contributed by atoms with Gasteiger partial charge in [-0.25, -0.2) is 0 Å². The fourth-order valence-electron chi connectivity index (χ4n) is 1.35. The molecule has 19 heteroatoms. The molecule has 0 aliphatic carbocycles. The van der Waals surface area contributed by atoms with Gasteiger partial charge in [0.2, 0.25) is 0 Å². The van der Waals surface area contributed by atoms with Gasteiger partial charge in [0.25, 0.3) is 0 Å². The largest absolute Gasteiger partial charge is 1.00 e. The van der Waals surface area contributed by atoms with Gasteiger partial charge in [0, 0.05) is 24.8 Å². The molecule has 0 saturated heterocycles.